The number of urea groups is 1. The number of amides is 2. The van der Waals surface area contributed by atoms with Crippen LogP contribution in [0, 0.1) is 0 Å². The molecule has 132 valence electrons. The lowest BCUT2D eigenvalue weighted by molar-refractivity contribution is -0.115. The minimum Gasteiger partial charge on any atom is -0.378 e. The second-order valence-corrected chi connectivity index (χ2v) is 7.02. The lowest BCUT2D eigenvalue weighted by Crippen LogP contribution is -2.61. The van der Waals surface area contributed by atoms with Crippen molar-refractivity contribution in [3.05, 3.63) is 30.1 Å². The summed E-state index contributed by atoms with van der Waals surface area (Å²) >= 11 is 0. The SMILES string of the molecule is COC1CN(C2CCN(C(=O)NC(C)C)CC2)C1c1ccncc1. The molecule has 3 rings (SSSR count). The normalized spacial score (nSPS) is 25.6. The summed E-state index contributed by atoms with van der Waals surface area (Å²) in [6.07, 6.45) is 5.97. The van der Waals surface area contributed by atoms with Gasteiger partial charge in [0.25, 0.3) is 0 Å². The average Bonchev–Trinajstić information content (AvgIpc) is 2.55. The lowest BCUT2D eigenvalue weighted by Gasteiger charge is -2.53. The molecule has 0 aromatic carbocycles. The number of nitrogens with one attached hydrogen (secondary N) is 1. The maximum Gasteiger partial charge on any atom is 0.317 e. The van der Waals surface area contributed by atoms with E-state index in [0.717, 1.165) is 32.5 Å². The van der Waals surface area contributed by atoms with Crippen molar-refractivity contribution in [1.82, 2.24) is 20.1 Å². The fourth-order valence-corrected chi connectivity index (χ4v) is 3.78. The number of methoxy groups -OCH3 is 1. The number of carbonyl (C=O) groups excluding carboxylic acids is 1. The summed E-state index contributed by atoms with van der Waals surface area (Å²) in [5.41, 5.74) is 1.27. The van der Waals surface area contributed by atoms with Crippen LogP contribution in [0.1, 0.15) is 38.3 Å². The van der Waals surface area contributed by atoms with E-state index in [0.29, 0.717) is 12.1 Å². The van der Waals surface area contributed by atoms with Crippen molar-refractivity contribution >= 4 is 6.03 Å². The molecule has 2 aliphatic rings. The highest BCUT2D eigenvalue weighted by molar-refractivity contribution is 5.74. The van der Waals surface area contributed by atoms with Gasteiger partial charge in [-0.3, -0.25) is 9.88 Å². The smallest absolute Gasteiger partial charge is 0.317 e. The van der Waals surface area contributed by atoms with Gasteiger partial charge in [0.05, 0.1) is 12.1 Å². The van der Waals surface area contributed by atoms with Crippen LogP contribution >= 0.6 is 0 Å². The van der Waals surface area contributed by atoms with E-state index in [1.807, 2.05) is 31.1 Å². The quantitative estimate of drug-likeness (QED) is 0.917. The molecular weight excluding hydrogens is 304 g/mol. The largest absolute Gasteiger partial charge is 0.378 e. The fourth-order valence-electron chi connectivity index (χ4n) is 3.78. The zero-order valence-corrected chi connectivity index (χ0v) is 14.8. The molecule has 2 saturated heterocycles. The number of ether oxygens (including phenoxy) is 1. The zero-order valence-electron chi connectivity index (χ0n) is 14.8. The standard InChI is InChI=1S/C18H28N4O2/c1-13(2)20-18(23)21-10-6-15(7-11-21)22-12-16(24-3)17(22)14-4-8-19-9-5-14/h4-5,8-9,13,15-17H,6-7,10-12H2,1-3H3,(H,20,23). The monoisotopic (exact) mass is 332 g/mol. The molecule has 0 aliphatic carbocycles. The number of rotatable bonds is 4. The first-order valence-corrected chi connectivity index (χ1v) is 8.84. The number of piperidine rings is 1. The molecule has 2 atom stereocenters. The highest BCUT2D eigenvalue weighted by Gasteiger charge is 2.44. The van der Waals surface area contributed by atoms with Gasteiger partial charge in [-0.25, -0.2) is 4.79 Å². The molecule has 6 heteroatoms. The maximum absolute atomic E-state index is 12.1. The van der Waals surface area contributed by atoms with Crippen molar-refractivity contribution < 1.29 is 9.53 Å². The Labute approximate surface area is 144 Å². The van der Waals surface area contributed by atoms with E-state index in [1.165, 1.54) is 5.56 Å². The van der Waals surface area contributed by atoms with E-state index in [4.69, 9.17) is 4.74 Å². The first kappa shape index (κ1) is 17.2. The van der Waals surface area contributed by atoms with E-state index >= 15 is 0 Å². The van der Waals surface area contributed by atoms with Gasteiger partial charge in [-0.2, -0.15) is 0 Å². The van der Waals surface area contributed by atoms with Crippen molar-refractivity contribution in [3.63, 3.8) is 0 Å². The minimum absolute atomic E-state index is 0.0625. The van der Waals surface area contributed by atoms with Crippen LogP contribution in [-0.4, -0.2) is 65.7 Å². The van der Waals surface area contributed by atoms with E-state index in [9.17, 15) is 4.79 Å². The summed E-state index contributed by atoms with van der Waals surface area (Å²) in [6.45, 7) is 6.59. The molecule has 24 heavy (non-hydrogen) atoms. The molecule has 6 nitrogen and oxygen atoms in total. The van der Waals surface area contributed by atoms with E-state index < -0.39 is 0 Å². The second-order valence-electron chi connectivity index (χ2n) is 7.02. The Bertz CT molecular complexity index is 543. The molecule has 0 spiro atoms. The molecule has 2 unspecified atom stereocenters. The maximum atomic E-state index is 12.1. The first-order chi connectivity index (χ1) is 11.6. The van der Waals surface area contributed by atoms with Gasteiger partial charge in [0.2, 0.25) is 0 Å². The van der Waals surface area contributed by atoms with Gasteiger partial charge in [-0.1, -0.05) is 0 Å². The summed E-state index contributed by atoms with van der Waals surface area (Å²) in [5, 5.41) is 2.98. The van der Waals surface area contributed by atoms with Crippen molar-refractivity contribution in [2.75, 3.05) is 26.7 Å². The molecule has 0 radical (unpaired) electrons. The van der Waals surface area contributed by atoms with E-state index in [2.05, 4.69) is 27.3 Å². The van der Waals surface area contributed by atoms with Crippen LogP contribution in [0.3, 0.4) is 0 Å². The average molecular weight is 332 g/mol. The molecule has 2 amide bonds. The van der Waals surface area contributed by atoms with Crippen molar-refractivity contribution in [1.29, 1.82) is 0 Å². The molecule has 0 saturated carbocycles. The van der Waals surface area contributed by atoms with Crippen LogP contribution in [0.4, 0.5) is 4.79 Å². The van der Waals surface area contributed by atoms with Crippen LogP contribution in [0.2, 0.25) is 0 Å². The predicted molar refractivity (Wildman–Crippen MR) is 92.7 cm³/mol. The highest BCUT2D eigenvalue weighted by atomic mass is 16.5. The molecule has 2 aliphatic heterocycles. The van der Waals surface area contributed by atoms with Gasteiger partial charge in [0.1, 0.15) is 0 Å². The Hall–Kier alpha value is -1.66. The van der Waals surface area contributed by atoms with Gasteiger partial charge < -0.3 is 15.0 Å². The molecule has 1 aromatic rings. The molecule has 2 fully saturated rings. The number of pyridine rings is 1. The van der Waals surface area contributed by atoms with Gasteiger partial charge in [-0.05, 0) is 44.4 Å². The number of hydrogen-bond acceptors (Lipinski definition) is 4. The number of likely N-dealkylation sites (tertiary alicyclic amines) is 2. The zero-order chi connectivity index (χ0) is 17.1. The van der Waals surface area contributed by atoms with Crippen LogP contribution in [0.25, 0.3) is 0 Å². The fraction of sp³-hybridized carbons (Fsp3) is 0.667. The summed E-state index contributed by atoms with van der Waals surface area (Å²) in [7, 11) is 1.79. The Morgan fingerprint density at radius 3 is 2.54 bits per heavy atom. The number of aromatic nitrogens is 1. The summed E-state index contributed by atoms with van der Waals surface area (Å²) in [5.74, 6) is 0. The predicted octanol–water partition coefficient (Wildman–Crippen LogP) is 2.04. The third kappa shape index (κ3) is 3.54. The van der Waals surface area contributed by atoms with Crippen LogP contribution in [0.15, 0.2) is 24.5 Å². The van der Waals surface area contributed by atoms with E-state index in [1.54, 1.807) is 7.11 Å². The molecule has 0 bridgehead atoms. The summed E-state index contributed by atoms with van der Waals surface area (Å²) in [4.78, 5) is 20.7. The lowest BCUT2D eigenvalue weighted by atomic mass is 9.87. The van der Waals surface area contributed by atoms with Crippen LogP contribution < -0.4 is 5.32 Å². The Balaban J connectivity index is 1.59. The van der Waals surface area contributed by atoms with Gasteiger partial charge in [-0.15, -0.1) is 0 Å². The number of hydrogen-bond donors (Lipinski definition) is 1. The third-order valence-corrected chi connectivity index (χ3v) is 5.08. The molecule has 1 aromatic heterocycles. The Morgan fingerprint density at radius 1 is 1.29 bits per heavy atom. The van der Waals surface area contributed by atoms with Crippen molar-refractivity contribution in [2.24, 2.45) is 0 Å². The second kappa shape index (κ2) is 7.49. The first-order valence-electron chi connectivity index (χ1n) is 8.84. The van der Waals surface area contributed by atoms with Crippen LogP contribution in [0.5, 0.6) is 0 Å². The third-order valence-electron chi connectivity index (χ3n) is 5.08. The topological polar surface area (TPSA) is 57.7 Å². The van der Waals surface area contributed by atoms with Crippen LogP contribution in [-0.2, 0) is 4.74 Å². The highest BCUT2D eigenvalue weighted by Crippen LogP contribution is 2.39. The Morgan fingerprint density at radius 2 is 1.96 bits per heavy atom. The minimum atomic E-state index is 0.0625. The summed E-state index contributed by atoms with van der Waals surface area (Å²) < 4.78 is 5.64. The summed E-state index contributed by atoms with van der Waals surface area (Å²) in [6, 6.07) is 5.22. The molecule has 3 heterocycles. The van der Waals surface area contributed by atoms with Crippen molar-refractivity contribution in [3.8, 4) is 0 Å². The molecule has 1 N–H and O–H groups in total. The van der Waals surface area contributed by atoms with Gasteiger partial charge in [0, 0.05) is 51.2 Å². The van der Waals surface area contributed by atoms with Crippen molar-refractivity contribution in [2.45, 2.75) is 50.9 Å². The molecular formula is C18H28N4O2. The Kier molecular flexibility index (Phi) is 5.36. The number of nitrogens with zero attached hydrogens (tertiary/aromatic N) is 3. The number of carbonyl (C=O) groups is 1. The van der Waals surface area contributed by atoms with Gasteiger partial charge in [0.15, 0.2) is 0 Å². The van der Waals surface area contributed by atoms with Gasteiger partial charge >= 0.3 is 6.03 Å². The van der Waals surface area contributed by atoms with E-state index in [-0.39, 0.29) is 18.2 Å².